The molecule has 2 N–H and O–H groups in total. The summed E-state index contributed by atoms with van der Waals surface area (Å²) in [6, 6.07) is 4.29. The minimum absolute atomic E-state index is 0.0134. The number of piperidine rings is 1. The van der Waals surface area contributed by atoms with Crippen molar-refractivity contribution in [3.8, 4) is 0 Å². The summed E-state index contributed by atoms with van der Waals surface area (Å²) in [5.74, 6) is 0.769. The number of amides is 2. The summed E-state index contributed by atoms with van der Waals surface area (Å²) in [6.45, 7) is 2.81. The number of nitrogens with one attached hydrogen (secondary N) is 2. The monoisotopic (exact) mass is 302 g/mol. The fraction of sp³-hybridized carbons (Fsp3) is 0.562. The van der Waals surface area contributed by atoms with Gasteiger partial charge in [0.1, 0.15) is 5.82 Å². The number of hydrogen-bond donors (Lipinski definition) is 2. The molecule has 0 spiro atoms. The second-order valence-corrected chi connectivity index (χ2v) is 6.14. The maximum absolute atomic E-state index is 12.5. The van der Waals surface area contributed by atoms with Crippen LogP contribution in [0.3, 0.4) is 0 Å². The van der Waals surface area contributed by atoms with Crippen molar-refractivity contribution in [2.45, 2.75) is 44.7 Å². The van der Waals surface area contributed by atoms with Crippen LogP contribution in [0.1, 0.15) is 43.0 Å². The number of carbonyl (C=O) groups excluding carboxylic acids is 2. The van der Waals surface area contributed by atoms with Crippen molar-refractivity contribution in [3.05, 3.63) is 23.9 Å². The molecule has 3 rings (SSSR count). The molecule has 1 aliphatic heterocycles. The zero-order chi connectivity index (χ0) is 15.5. The standard InChI is InChI=1S/C16H22N4O2/c1-11(21)18-14-3-2-8-20(10-14)16(22)12-4-7-15(17-9-12)19-13-5-6-13/h4,7,9,13-14H,2-3,5-6,8,10H2,1H3,(H,17,19)(H,18,21). The Bertz CT molecular complexity index is 554. The van der Waals surface area contributed by atoms with Crippen LogP contribution in [0.25, 0.3) is 0 Å². The van der Waals surface area contributed by atoms with E-state index < -0.39 is 0 Å². The predicted octanol–water partition coefficient (Wildman–Crippen LogP) is 1.40. The lowest BCUT2D eigenvalue weighted by atomic mass is 10.0. The molecule has 118 valence electrons. The van der Waals surface area contributed by atoms with Gasteiger partial charge in [0.05, 0.1) is 5.56 Å². The molecule has 1 aliphatic carbocycles. The van der Waals surface area contributed by atoms with Crippen molar-refractivity contribution >= 4 is 17.6 Å². The van der Waals surface area contributed by atoms with E-state index in [0.717, 1.165) is 25.2 Å². The maximum atomic E-state index is 12.5. The topological polar surface area (TPSA) is 74.3 Å². The van der Waals surface area contributed by atoms with Crippen LogP contribution >= 0.6 is 0 Å². The summed E-state index contributed by atoms with van der Waals surface area (Å²) < 4.78 is 0. The molecule has 1 aromatic rings. The van der Waals surface area contributed by atoms with Gasteiger partial charge in [-0.15, -0.1) is 0 Å². The number of aromatic nitrogens is 1. The van der Waals surface area contributed by atoms with Gasteiger partial charge in [0.25, 0.3) is 5.91 Å². The molecule has 1 atom stereocenters. The van der Waals surface area contributed by atoms with Crippen LogP contribution in [-0.4, -0.2) is 46.9 Å². The molecule has 6 heteroatoms. The predicted molar refractivity (Wildman–Crippen MR) is 83.6 cm³/mol. The smallest absolute Gasteiger partial charge is 0.255 e. The first-order valence-corrected chi connectivity index (χ1v) is 7.91. The third kappa shape index (κ3) is 3.75. The van der Waals surface area contributed by atoms with Crippen LogP contribution in [0.15, 0.2) is 18.3 Å². The van der Waals surface area contributed by atoms with Gasteiger partial charge in [-0.1, -0.05) is 0 Å². The Morgan fingerprint density at radius 3 is 2.68 bits per heavy atom. The molecular weight excluding hydrogens is 280 g/mol. The van der Waals surface area contributed by atoms with Crippen molar-refractivity contribution in [1.29, 1.82) is 0 Å². The Hall–Kier alpha value is -2.11. The molecule has 2 fully saturated rings. The zero-order valence-electron chi connectivity index (χ0n) is 12.8. The SMILES string of the molecule is CC(=O)NC1CCCN(C(=O)c2ccc(NC3CC3)nc2)C1. The summed E-state index contributed by atoms with van der Waals surface area (Å²) in [6.07, 6.45) is 5.85. The lowest BCUT2D eigenvalue weighted by Gasteiger charge is -2.33. The van der Waals surface area contributed by atoms with Crippen LogP contribution in [0.2, 0.25) is 0 Å². The van der Waals surface area contributed by atoms with Gasteiger partial charge in [0.15, 0.2) is 0 Å². The number of rotatable bonds is 4. The van der Waals surface area contributed by atoms with Crippen molar-refractivity contribution in [1.82, 2.24) is 15.2 Å². The van der Waals surface area contributed by atoms with E-state index in [0.29, 0.717) is 18.2 Å². The third-order valence-electron chi connectivity index (χ3n) is 4.06. The molecule has 0 radical (unpaired) electrons. The van der Waals surface area contributed by atoms with E-state index in [1.807, 2.05) is 12.1 Å². The molecular formula is C16H22N4O2. The van der Waals surface area contributed by atoms with Crippen molar-refractivity contribution in [2.24, 2.45) is 0 Å². The van der Waals surface area contributed by atoms with Gasteiger partial charge in [0, 0.05) is 38.3 Å². The van der Waals surface area contributed by atoms with E-state index >= 15 is 0 Å². The molecule has 1 unspecified atom stereocenters. The molecule has 2 amide bonds. The first-order chi connectivity index (χ1) is 10.6. The number of carbonyl (C=O) groups is 2. The van der Waals surface area contributed by atoms with Crippen LogP contribution in [0.4, 0.5) is 5.82 Å². The summed E-state index contributed by atoms with van der Waals surface area (Å²) in [7, 11) is 0. The first kappa shape index (κ1) is 14.8. The number of hydrogen-bond acceptors (Lipinski definition) is 4. The molecule has 2 heterocycles. The Kier molecular flexibility index (Phi) is 4.27. The summed E-state index contributed by atoms with van der Waals surface area (Å²) >= 11 is 0. The average Bonchev–Trinajstić information content (AvgIpc) is 3.31. The van der Waals surface area contributed by atoms with E-state index in [9.17, 15) is 9.59 Å². The number of anilines is 1. The number of nitrogens with zero attached hydrogens (tertiary/aromatic N) is 2. The molecule has 22 heavy (non-hydrogen) atoms. The van der Waals surface area contributed by atoms with Gasteiger partial charge in [-0.3, -0.25) is 9.59 Å². The highest BCUT2D eigenvalue weighted by molar-refractivity contribution is 5.94. The van der Waals surface area contributed by atoms with E-state index in [1.54, 1.807) is 11.1 Å². The van der Waals surface area contributed by atoms with Gasteiger partial charge in [0.2, 0.25) is 5.91 Å². The Balaban J connectivity index is 1.60. The summed E-state index contributed by atoms with van der Waals surface area (Å²) in [4.78, 5) is 29.8. The minimum atomic E-state index is -0.0449. The van der Waals surface area contributed by atoms with Gasteiger partial charge in [-0.2, -0.15) is 0 Å². The van der Waals surface area contributed by atoms with Crippen molar-refractivity contribution in [2.75, 3.05) is 18.4 Å². The molecule has 0 bridgehead atoms. The second-order valence-electron chi connectivity index (χ2n) is 6.14. The Morgan fingerprint density at radius 2 is 2.05 bits per heavy atom. The van der Waals surface area contributed by atoms with Gasteiger partial charge in [-0.25, -0.2) is 4.98 Å². The van der Waals surface area contributed by atoms with Crippen molar-refractivity contribution < 1.29 is 9.59 Å². The van der Waals surface area contributed by atoms with Crippen LogP contribution < -0.4 is 10.6 Å². The van der Waals surface area contributed by atoms with Crippen molar-refractivity contribution in [3.63, 3.8) is 0 Å². The zero-order valence-corrected chi connectivity index (χ0v) is 12.8. The third-order valence-corrected chi connectivity index (χ3v) is 4.06. The fourth-order valence-electron chi connectivity index (χ4n) is 2.79. The van der Waals surface area contributed by atoms with Gasteiger partial charge >= 0.3 is 0 Å². The van der Waals surface area contributed by atoms with Gasteiger partial charge < -0.3 is 15.5 Å². The van der Waals surface area contributed by atoms with E-state index in [4.69, 9.17) is 0 Å². The quantitative estimate of drug-likeness (QED) is 0.881. The average molecular weight is 302 g/mol. The van der Waals surface area contributed by atoms with E-state index in [-0.39, 0.29) is 17.9 Å². The lowest BCUT2D eigenvalue weighted by Crippen LogP contribution is -2.49. The van der Waals surface area contributed by atoms with E-state index in [1.165, 1.54) is 19.8 Å². The summed E-state index contributed by atoms with van der Waals surface area (Å²) in [5, 5.41) is 6.20. The highest BCUT2D eigenvalue weighted by Gasteiger charge is 2.25. The lowest BCUT2D eigenvalue weighted by molar-refractivity contribution is -0.120. The second kappa shape index (κ2) is 6.34. The Morgan fingerprint density at radius 1 is 1.23 bits per heavy atom. The number of likely N-dealkylation sites (tertiary alicyclic amines) is 1. The van der Waals surface area contributed by atoms with Crippen LogP contribution in [0.5, 0.6) is 0 Å². The molecule has 2 aliphatic rings. The largest absolute Gasteiger partial charge is 0.367 e. The highest BCUT2D eigenvalue weighted by Crippen LogP contribution is 2.23. The molecule has 1 saturated heterocycles. The van der Waals surface area contributed by atoms with Crippen LogP contribution in [-0.2, 0) is 4.79 Å². The first-order valence-electron chi connectivity index (χ1n) is 7.91. The van der Waals surface area contributed by atoms with Gasteiger partial charge in [-0.05, 0) is 37.8 Å². The molecule has 1 saturated carbocycles. The normalized spacial score (nSPS) is 21.3. The van der Waals surface area contributed by atoms with Crippen LogP contribution in [0, 0.1) is 0 Å². The Labute approximate surface area is 130 Å². The molecule has 0 aromatic carbocycles. The summed E-state index contributed by atoms with van der Waals surface area (Å²) in [5.41, 5.74) is 0.602. The minimum Gasteiger partial charge on any atom is -0.367 e. The molecule has 1 aromatic heterocycles. The van der Waals surface area contributed by atoms with E-state index in [2.05, 4.69) is 15.6 Å². The fourth-order valence-corrected chi connectivity index (χ4v) is 2.79. The maximum Gasteiger partial charge on any atom is 0.255 e. The highest BCUT2D eigenvalue weighted by atomic mass is 16.2. The molecule has 6 nitrogen and oxygen atoms in total. The number of pyridine rings is 1.